The molecule has 0 aliphatic heterocycles. The number of carbonyl (C=O) groups excluding carboxylic acids is 1. The number of aromatic hydroxyl groups is 1. The van der Waals surface area contributed by atoms with Crippen molar-refractivity contribution in [2.75, 3.05) is 0 Å². The molecular formula is C22H18N4O3S. The average molecular weight is 418 g/mol. The first kappa shape index (κ1) is 19.5. The Hall–Kier alpha value is -3.78. The number of rotatable bonds is 5. The number of hydrogen-bond donors (Lipinski definition) is 2. The molecule has 0 bridgehead atoms. The van der Waals surface area contributed by atoms with E-state index < -0.39 is 5.91 Å². The molecule has 0 atom stereocenters. The first-order valence-electron chi connectivity index (χ1n) is 9.18. The maximum atomic E-state index is 13.1. The number of amides is 1. The Balaban J connectivity index is 1.59. The third-order valence-corrected chi connectivity index (χ3v) is 5.57. The summed E-state index contributed by atoms with van der Waals surface area (Å²) in [4.78, 5) is 31.4. The molecule has 0 aliphatic rings. The molecule has 0 spiro atoms. The van der Waals surface area contributed by atoms with E-state index in [-0.39, 0.29) is 17.9 Å². The summed E-state index contributed by atoms with van der Waals surface area (Å²) in [5.74, 6) is -0.416. The lowest BCUT2D eigenvalue weighted by atomic mass is 10.0. The fourth-order valence-electron chi connectivity index (χ4n) is 3.16. The molecular weight excluding hydrogens is 400 g/mol. The zero-order valence-electron chi connectivity index (χ0n) is 16.1. The molecule has 0 saturated carbocycles. The van der Waals surface area contributed by atoms with E-state index in [0.717, 1.165) is 16.0 Å². The van der Waals surface area contributed by atoms with Crippen molar-refractivity contribution in [3.8, 4) is 16.9 Å². The van der Waals surface area contributed by atoms with Gasteiger partial charge in [0.15, 0.2) is 0 Å². The smallest absolute Gasteiger partial charge is 0.263 e. The quantitative estimate of drug-likeness (QED) is 0.384. The number of thiophene rings is 1. The van der Waals surface area contributed by atoms with Crippen molar-refractivity contribution < 1.29 is 9.90 Å². The Morgan fingerprint density at radius 2 is 1.93 bits per heavy atom. The zero-order valence-corrected chi connectivity index (χ0v) is 16.9. The Morgan fingerprint density at radius 1 is 1.20 bits per heavy atom. The van der Waals surface area contributed by atoms with E-state index in [0.29, 0.717) is 15.8 Å². The molecule has 0 saturated heterocycles. The molecule has 2 aromatic carbocycles. The topological polar surface area (TPSA) is 96.6 Å². The number of nitrogens with zero attached hydrogens (tertiary/aromatic N) is 3. The minimum Gasteiger partial charge on any atom is -0.507 e. The molecule has 0 radical (unpaired) electrons. The molecule has 2 N–H and O–H groups in total. The second-order valence-corrected chi connectivity index (χ2v) is 7.81. The number of para-hydroxylation sites is 1. The first-order chi connectivity index (χ1) is 14.5. The van der Waals surface area contributed by atoms with Gasteiger partial charge in [-0.25, -0.2) is 10.4 Å². The van der Waals surface area contributed by atoms with Crippen LogP contribution in [-0.4, -0.2) is 26.8 Å². The van der Waals surface area contributed by atoms with Crippen molar-refractivity contribution in [3.05, 3.63) is 81.7 Å². The Kier molecular flexibility index (Phi) is 5.40. The van der Waals surface area contributed by atoms with Crippen LogP contribution in [0.3, 0.4) is 0 Å². The van der Waals surface area contributed by atoms with Crippen molar-refractivity contribution in [1.29, 1.82) is 0 Å². The number of hydrazone groups is 1. The maximum Gasteiger partial charge on any atom is 0.263 e. The lowest BCUT2D eigenvalue weighted by molar-refractivity contribution is -0.121. The van der Waals surface area contributed by atoms with Gasteiger partial charge in [-0.3, -0.25) is 14.2 Å². The normalized spacial score (nSPS) is 11.2. The number of carbonyl (C=O) groups is 1. The largest absolute Gasteiger partial charge is 0.507 e. The maximum absolute atomic E-state index is 13.1. The molecule has 150 valence electrons. The summed E-state index contributed by atoms with van der Waals surface area (Å²) in [7, 11) is 0. The number of aryl methyl sites for hydroxylation is 1. The van der Waals surface area contributed by atoms with Crippen LogP contribution in [0.2, 0.25) is 0 Å². The van der Waals surface area contributed by atoms with Gasteiger partial charge in [0.2, 0.25) is 0 Å². The molecule has 1 amide bonds. The number of phenolic OH excluding ortho intramolecular Hbond substituents is 1. The van der Waals surface area contributed by atoms with E-state index in [1.165, 1.54) is 34.5 Å². The minimum atomic E-state index is -0.474. The highest BCUT2D eigenvalue weighted by Crippen LogP contribution is 2.35. The van der Waals surface area contributed by atoms with Crippen LogP contribution in [0.4, 0.5) is 0 Å². The molecule has 30 heavy (non-hydrogen) atoms. The van der Waals surface area contributed by atoms with Crippen molar-refractivity contribution in [2.45, 2.75) is 13.5 Å². The second kappa shape index (κ2) is 8.30. The molecule has 4 rings (SSSR count). The Labute approximate surface area is 176 Å². The van der Waals surface area contributed by atoms with Gasteiger partial charge in [-0.2, -0.15) is 5.10 Å². The van der Waals surface area contributed by atoms with Crippen LogP contribution in [0.25, 0.3) is 21.3 Å². The number of aromatic nitrogens is 2. The monoisotopic (exact) mass is 418 g/mol. The number of benzene rings is 2. The highest BCUT2D eigenvalue weighted by Gasteiger charge is 2.17. The summed E-state index contributed by atoms with van der Waals surface area (Å²) in [6.07, 6.45) is 2.72. The highest BCUT2D eigenvalue weighted by molar-refractivity contribution is 7.19. The number of nitrogens with one attached hydrogen (secondary N) is 1. The predicted octanol–water partition coefficient (Wildman–Crippen LogP) is 3.29. The molecule has 2 aromatic heterocycles. The van der Waals surface area contributed by atoms with E-state index in [9.17, 15) is 14.7 Å². The van der Waals surface area contributed by atoms with Crippen LogP contribution < -0.4 is 11.0 Å². The summed E-state index contributed by atoms with van der Waals surface area (Å²) < 4.78 is 1.27. The Morgan fingerprint density at radius 3 is 2.70 bits per heavy atom. The van der Waals surface area contributed by atoms with Gasteiger partial charge in [0.1, 0.15) is 17.1 Å². The van der Waals surface area contributed by atoms with Crippen LogP contribution in [0.1, 0.15) is 10.4 Å². The Bertz CT molecular complexity index is 1310. The van der Waals surface area contributed by atoms with Crippen LogP contribution in [0.5, 0.6) is 5.75 Å². The van der Waals surface area contributed by atoms with Gasteiger partial charge in [0.25, 0.3) is 11.5 Å². The van der Waals surface area contributed by atoms with E-state index >= 15 is 0 Å². The number of fused-ring (bicyclic) bond motifs is 1. The van der Waals surface area contributed by atoms with Gasteiger partial charge in [-0.15, -0.1) is 11.3 Å². The third kappa shape index (κ3) is 3.85. The standard InChI is InChI=1S/C22H18N4O3S/c1-14-19(15-7-3-2-4-8-15)20-21(30-14)23-13-26(22(20)29)12-18(28)25-24-11-16-9-5-6-10-17(16)27/h2-11,13,27H,12H2,1H3,(H,25,28)/b24-11-. The van der Waals surface area contributed by atoms with Gasteiger partial charge >= 0.3 is 0 Å². The summed E-state index contributed by atoms with van der Waals surface area (Å²) in [5.41, 5.74) is 4.35. The average Bonchev–Trinajstić information content (AvgIpc) is 3.09. The molecule has 2 heterocycles. The van der Waals surface area contributed by atoms with E-state index in [1.807, 2.05) is 37.3 Å². The third-order valence-electron chi connectivity index (χ3n) is 4.56. The molecule has 0 unspecified atom stereocenters. The fraction of sp³-hybridized carbons (Fsp3) is 0.0909. The van der Waals surface area contributed by atoms with Crippen molar-refractivity contribution >= 4 is 33.7 Å². The zero-order chi connectivity index (χ0) is 21.1. The summed E-state index contributed by atoms with van der Waals surface area (Å²) in [5, 5.41) is 14.1. The second-order valence-electron chi connectivity index (χ2n) is 6.61. The van der Waals surface area contributed by atoms with Crippen LogP contribution in [-0.2, 0) is 11.3 Å². The van der Waals surface area contributed by atoms with Crippen molar-refractivity contribution in [3.63, 3.8) is 0 Å². The molecule has 0 fully saturated rings. The number of hydrogen-bond acceptors (Lipinski definition) is 6. The van der Waals surface area contributed by atoms with Gasteiger partial charge in [-0.1, -0.05) is 42.5 Å². The lowest BCUT2D eigenvalue weighted by Gasteiger charge is -2.06. The van der Waals surface area contributed by atoms with Crippen LogP contribution in [0.15, 0.2) is 70.8 Å². The molecule has 7 nitrogen and oxygen atoms in total. The molecule has 0 aliphatic carbocycles. The molecule has 8 heteroatoms. The van der Waals surface area contributed by atoms with Crippen LogP contribution in [0, 0.1) is 6.92 Å². The lowest BCUT2D eigenvalue weighted by Crippen LogP contribution is -2.30. The summed E-state index contributed by atoms with van der Waals surface area (Å²) in [6.45, 7) is 1.74. The van der Waals surface area contributed by atoms with Gasteiger partial charge in [0.05, 0.1) is 17.9 Å². The SMILES string of the molecule is Cc1sc2ncn(CC(=O)N/N=C\c3ccccc3O)c(=O)c2c1-c1ccccc1. The minimum absolute atomic E-state index is 0.0580. The van der Waals surface area contributed by atoms with E-state index in [2.05, 4.69) is 15.5 Å². The van der Waals surface area contributed by atoms with Crippen molar-refractivity contribution in [2.24, 2.45) is 5.10 Å². The fourth-order valence-corrected chi connectivity index (χ4v) is 4.17. The van der Waals surface area contributed by atoms with Gasteiger partial charge in [-0.05, 0) is 24.6 Å². The van der Waals surface area contributed by atoms with Gasteiger partial charge in [0, 0.05) is 16.0 Å². The van der Waals surface area contributed by atoms with E-state index in [4.69, 9.17) is 0 Å². The van der Waals surface area contributed by atoms with Crippen molar-refractivity contribution in [1.82, 2.24) is 15.0 Å². The summed E-state index contributed by atoms with van der Waals surface area (Å²) in [6, 6.07) is 16.3. The predicted molar refractivity (Wildman–Crippen MR) is 118 cm³/mol. The van der Waals surface area contributed by atoms with E-state index in [1.54, 1.807) is 18.2 Å². The molecule has 4 aromatic rings. The summed E-state index contributed by atoms with van der Waals surface area (Å²) >= 11 is 1.46. The first-order valence-corrected chi connectivity index (χ1v) is 10.00. The number of phenols is 1. The van der Waals surface area contributed by atoms with Crippen LogP contribution >= 0.6 is 11.3 Å². The van der Waals surface area contributed by atoms with Gasteiger partial charge < -0.3 is 5.11 Å². The highest BCUT2D eigenvalue weighted by atomic mass is 32.1.